The number of carbonyl (C=O) groups excluding carboxylic acids is 1. The fourth-order valence-corrected chi connectivity index (χ4v) is 7.23. The van der Waals surface area contributed by atoms with Crippen LogP contribution in [-0.2, 0) is 14.3 Å². The SMILES string of the molecule is CC(=O)OC1CC2(C)C3=CCC(C)(C4CO4)CC3C(O)CC2C2(O)CCC12. The molecule has 0 spiro atoms. The van der Waals surface area contributed by atoms with Crippen LogP contribution < -0.4 is 0 Å². The summed E-state index contributed by atoms with van der Waals surface area (Å²) in [7, 11) is 0. The predicted octanol–water partition coefficient (Wildman–Crippen LogP) is 2.59. The Kier molecular flexibility index (Phi) is 3.75. The number of ether oxygens (including phenoxy) is 2. The lowest BCUT2D eigenvalue weighted by atomic mass is 9.41. The van der Waals surface area contributed by atoms with Crippen LogP contribution in [0.2, 0.25) is 0 Å². The van der Waals surface area contributed by atoms with Crippen molar-refractivity contribution in [3.63, 3.8) is 0 Å². The highest BCUT2D eigenvalue weighted by Crippen LogP contribution is 2.67. The first-order valence-electron chi connectivity index (χ1n) is 10.6. The van der Waals surface area contributed by atoms with E-state index in [1.54, 1.807) is 0 Å². The second-order valence-corrected chi connectivity index (χ2v) is 10.4. The highest BCUT2D eigenvalue weighted by molar-refractivity contribution is 5.66. The van der Waals surface area contributed by atoms with Gasteiger partial charge in [-0.1, -0.05) is 25.5 Å². The fraction of sp³-hybridized carbons (Fsp3) is 0.864. The molecule has 5 rings (SSSR count). The Morgan fingerprint density at radius 1 is 1.33 bits per heavy atom. The Hall–Kier alpha value is -0.910. The van der Waals surface area contributed by atoms with Crippen LogP contribution in [0.4, 0.5) is 0 Å². The summed E-state index contributed by atoms with van der Waals surface area (Å²) in [4.78, 5) is 11.7. The van der Waals surface area contributed by atoms with Crippen molar-refractivity contribution in [2.75, 3.05) is 6.61 Å². The summed E-state index contributed by atoms with van der Waals surface area (Å²) >= 11 is 0. The number of rotatable bonds is 2. The molecular weight excluding hydrogens is 344 g/mol. The van der Waals surface area contributed by atoms with E-state index in [1.165, 1.54) is 12.5 Å². The molecule has 27 heavy (non-hydrogen) atoms. The minimum atomic E-state index is -0.819. The lowest BCUT2D eigenvalue weighted by Gasteiger charge is -2.66. The van der Waals surface area contributed by atoms with E-state index in [0.29, 0.717) is 12.5 Å². The van der Waals surface area contributed by atoms with Gasteiger partial charge >= 0.3 is 5.97 Å². The van der Waals surface area contributed by atoms with Crippen molar-refractivity contribution in [2.24, 2.45) is 28.6 Å². The zero-order valence-corrected chi connectivity index (χ0v) is 16.6. The fourth-order valence-electron chi connectivity index (χ4n) is 7.23. The number of hydrogen-bond acceptors (Lipinski definition) is 5. The van der Waals surface area contributed by atoms with Crippen LogP contribution in [0.3, 0.4) is 0 Å². The Morgan fingerprint density at radius 2 is 2.07 bits per heavy atom. The lowest BCUT2D eigenvalue weighted by Crippen LogP contribution is -2.69. The largest absolute Gasteiger partial charge is 0.462 e. The van der Waals surface area contributed by atoms with E-state index >= 15 is 0 Å². The zero-order valence-electron chi connectivity index (χ0n) is 16.6. The molecule has 0 aromatic heterocycles. The average Bonchev–Trinajstić information content (AvgIpc) is 3.40. The third kappa shape index (κ3) is 2.44. The summed E-state index contributed by atoms with van der Waals surface area (Å²) in [6.45, 7) is 6.80. The summed E-state index contributed by atoms with van der Waals surface area (Å²) in [5.74, 6) is -0.0979. The van der Waals surface area contributed by atoms with E-state index in [0.717, 1.165) is 38.7 Å². The van der Waals surface area contributed by atoms with E-state index in [-0.39, 0.29) is 40.7 Å². The molecule has 9 unspecified atom stereocenters. The number of aliphatic hydroxyl groups excluding tert-OH is 1. The van der Waals surface area contributed by atoms with Crippen molar-refractivity contribution in [3.05, 3.63) is 11.6 Å². The van der Waals surface area contributed by atoms with Crippen molar-refractivity contribution in [2.45, 2.75) is 83.2 Å². The molecule has 4 aliphatic carbocycles. The summed E-state index contributed by atoms with van der Waals surface area (Å²) in [5, 5.41) is 22.6. The number of fused-ring (bicyclic) bond motifs is 5. The molecule has 0 amide bonds. The highest BCUT2D eigenvalue weighted by atomic mass is 16.6. The smallest absolute Gasteiger partial charge is 0.302 e. The van der Waals surface area contributed by atoms with E-state index in [9.17, 15) is 15.0 Å². The van der Waals surface area contributed by atoms with Gasteiger partial charge in [0, 0.05) is 24.2 Å². The monoisotopic (exact) mass is 376 g/mol. The van der Waals surface area contributed by atoms with E-state index in [2.05, 4.69) is 19.9 Å². The van der Waals surface area contributed by atoms with Crippen LogP contribution in [0.15, 0.2) is 11.6 Å². The van der Waals surface area contributed by atoms with Gasteiger partial charge < -0.3 is 19.7 Å². The Balaban J connectivity index is 1.52. The Bertz CT molecular complexity index is 699. The Morgan fingerprint density at radius 3 is 2.67 bits per heavy atom. The van der Waals surface area contributed by atoms with Gasteiger partial charge in [0.05, 0.1) is 24.4 Å². The summed E-state index contributed by atoms with van der Waals surface area (Å²) < 4.78 is 11.3. The van der Waals surface area contributed by atoms with Crippen LogP contribution in [0, 0.1) is 28.6 Å². The first kappa shape index (κ1) is 18.1. The van der Waals surface area contributed by atoms with Gasteiger partial charge in [-0.15, -0.1) is 0 Å². The molecule has 3 saturated carbocycles. The van der Waals surface area contributed by atoms with Crippen LogP contribution in [-0.4, -0.2) is 46.7 Å². The quantitative estimate of drug-likeness (QED) is 0.440. The zero-order chi connectivity index (χ0) is 19.2. The standard InChI is InChI=1S/C22H32O5/c1-12(23)27-17-10-21(3)14-4-6-20(2,19-11-26-19)9-13(14)16(24)8-18(21)22(25)7-5-15(17)22/h4,13,15-19,24-25H,5-11H2,1-3H3. The molecule has 1 saturated heterocycles. The lowest BCUT2D eigenvalue weighted by molar-refractivity contribution is -0.253. The molecule has 5 heteroatoms. The maximum absolute atomic E-state index is 11.7. The second kappa shape index (κ2) is 5.58. The summed E-state index contributed by atoms with van der Waals surface area (Å²) in [6, 6.07) is 0. The number of hydrogen-bond donors (Lipinski definition) is 2. The summed E-state index contributed by atoms with van der Waals surface area (Å²) in [5.41, 5.74) is 0.347. The number of aliphatic hydroxyl groups is 2. The maximum Gasteiger partial charge on any atom is 0.302 e. The van der Waals surface area contributed by atoms with Crippen LogP contribution in [0.25, 0.3) is 0 Å². The minimum absolute atomic E-state index is 0.0116. The van der Waals surface area contributed by atoms with Crippen molar-refractivity contribution in [1.82, 2.24) is 0 Å². The van der Waals surface area contributed by atoms with Crippen molar-refractivity contribution < 1.29 is 24.5 Å². The Labute approximate surface area is 161 Å². The van der Waals surface area contributed by atoms with Crippen molar-refractivity contribution in [3.8, 4) is 0 Å². The molecule has 150 valence electrons. The van der Waals surface area contributed by atoms with Gasteiger partial charge in [-0.25, -0.2) is 0 Å². The van der Waals surface area contributed by atoms with Gasteiger partial charge in [0.15, 0.2) is 0 Å². The molecule has 5 aliphatic rings. The number of esters is 1. The van der Waals surface area contributed by atoms with Gasteiger partial charge in [0.2, 0.25) is 0 Å². The third-order valence-electron chi connectivity index (χ3n) is 8.85. The topological polar surface area (TPSA) is 79.3 Å². The maximum atomic E-state index is 11.7. The van der Waals surface area contributed by atoms with E-state index < -0.39 is 11.7 Å². The molecule has 0 aromatic rings. The predicted molar refractivity (Wildman–Crippen MR) is 98.7 cm³/mol. The van der Waals surface area contributed by atoms with Crippen LogP contribution >= 0.6 is 0 Å². The number of epoxide rings is 1. The number of allylic oxidation sites excluding steroid dienone is 1. The minimum Gasteiger partial charge on any atom is -0.462 e. The molecule has 2 N–H and O–H groups in total. The van der Waals surface area contributed by atoms with Crippen molar-refractivity contribution >= 4 is 5.97 Å². The van der Waals surface area contributed by atoms with Gasteiger partial charge in [0.25, 0.3) is 0 Å². The van der Waals surface area contributed by atoms with Gasteiger partial charge in [0.1, 0.15) is 6.10 Å². The van der Waals surface area contributed by atoms with E-state index in [1.807, 2.05) is 0 Å². The molecule has 0 aromatic carbocycles. The highest BCUT2D eigenvalue weighted by Gasteiger charge is 2.68. The number of carbonyl (C=O) groups is 1. The molecule has 1 heterocycles. The van der Waals surface area contributed by atoms with Gasteiger partial charge in [-0.3, -0.25) is 4.79 Å². The molecule has 0 bridgehead atoms. The molecule has 5 nitrogen and oxygen atoms in total. The first-order valence-corrected chi connectivity index (χ1v) is 10.6. The molecule has 4 fully saturated rings. The molecule has 0 radical (unpaired) electrons. The van der Waals surface area contributed by atoms with Crippen LogP contribution in [0.1, 0.15) is 59.3 Å². The second-order valence-electron chi connectivity index (χ2n) is 10.4. The normalized spacial score (nSPS) is 56.0. The van der Waals surface area contributed by atoms with E-state index in [4.69, 9.17) is 9.47 Å². The van der Waals surface area contributed by atoms with Crippen LogP contribution in [0.5, 0.6) is 0 Å². The average molecular weight is 376 g/mol. The molecule has 9 atom stereocenters. The third-order valence-corrected chi connectivity index (χ3v) is 8.85. The first-order chi connectivity index (χ1) is 12.7. The van der Waals surface area contributed by atoms with Crippen molar-refractivity contribution in [1.29, 1.82) is 0 Å². The molecular formula is C22H32O5. The molecule has 1 aliphatic heterocycles. The summed E-state index contributed by atoms with van der Waals surface area (Å²) in [6.07, 6.45) is 6.95. The van der Waals surface area contributed by atoms with Gasteiger partial charge in [-0.2, -0.15) is 0 Å². The van der Waals surface area contributed by atoms with Gasteiger partial charge in [-0.05, 0) is 49.9 Å².